The molecule has 2 aliphatic heterocycles. The van der Waals surface area contributed by atoms with Gasteiger partial charge in [-0.3, -0.25) is 9.59 Å². The third kappa shape index (κ3) is 4.47. The molecular weight excluding hydrogens is 431 g/mol. The van der Waals surface area contributed by atoms with Gasteiger partial charge in [-0.2, -0.15) is 0 Å². The van der Waals surface area contributed by atoms with Crippen LogP contribution in [-0.4, -0.2) is 60.6 Å². The zero-order chi connectivity index (χ0) is 23.7. The van der Waals surface area contributed by atoms with Crippen LogP contribution in [0, 0.1) is 19.7 Å². The monoisotopic (exact) mass is 456 g/mol. The van der Waals surface area contributed by atoms with Crippen molar-refractivity contribution in [2.75, 3.05) is 32.1 Å². The molecule has 0 bridgehead atoms. The number of hydrogen-bond acceptors (Lipinski definition) is 5. The highest BCUT2D eigenvalue weighted by atomic mass is 19.1. The maximum Gasteiger partial charge on any atom is 0.413 e. The number of benzene rings is 1. The van der Waals surface area contributed by atoms with Gasteiger partial charge >= 0.3 is 6.09 Å². The Balaban J connectivity index is 1.48. The number of halogens is 1. The molecule has 174 valence electrons. The largest absolute Gasteiger partial charge is 0.413 e. The van der Waals surface area contributed by atoms with Gasteiger partial charge in [0.1, 0.15) is 11.9 Å². The molecule has 1 aromatic heterocycles. The molecule has 0 saturated carbocycles. The molecule has 10 heteroatoms. The number of likely N-dealkylation sites (tertiary alicyclic amines) is 1. The maximum absolute atomic E-state index is 13.7. The van der Waals surface area contributed by atoms with Gasteiger partial charge in [0.05, 0.1) is 17.9 Å². The van der Waals surface area contributed by atoms with E-state index in [1.54, 1.807) is 31.9 Å². The minimum Gasteiger partial charge on any atom is -0.408 e. The maximum atomic E-state index is 13.7. The lowest BCUT2D eigenvalue weighted by atomic mass is 10.0. The number of fused-ring (bicyclic) bond motifs is 1. The fourth-order valence-corrected chi connectivity index (χ4v) is 4.06. The Labute approximate surface area is 189 Å². The van der Waals surface area contributed by atoms with E-state index in [1.165, 1.54) is 18.2 Å². The van der Waals surface area contributed by atoms with Gasteiger partial charge in [-0.05, 0) is 44.5 Å². The zero-order valence-electron chi connectivity index (χ0n) is 18.6. The molecule has 0 radical (unpaired) electrons. The number of H-pyrrole nitrogens is 1. The summed E-state index contributed by atoms with van der Waals surface area (Å²) in [6.07, 6.45) is 1.35. The fourth-order valence-electron chi connectivity index (χ4n) is 4.06. The fraction of sp³-hybridized carbons (Fsp3) is 0.348. The van der Waals surface area contributed by atoms with Gasteiger partial charge in [0, 0.05) is 42.7 Å². The van der Waals surface area contributed by atoms with Crippen LogP contribution in [0.2, 0.25) is 0 Å². The third-order valence-corrected chi connectivity index (χ3v) is 5.81. The van der Waals surface area contributed by atoms with Crippen LogP contribution in [0.4, 0.5) is 14.9 Å². The van der Waals surface area contributed by atoms with Crippen LogP contribution in [0.25, 0.3) is 11.6 Å². The second kappa shape index (κ2) is 9.07. The third-order valence-electron chi connectivity index (χ3n) is 5.81. The molecule has 0 unspecified atom stereocenters. The van der Waals surface area contributed by atoms with Crippen molar-refractivity contribution in [2.24, 2.45) is 0 Å². The van der Waals surface area contributed by atoms with E-state index < -0.39 is 18.0 Å². The highest BCUT2D eigenvalue weighted by Gasteiger charge is 2.33. The van der Waals surface area contributed by atoms with Crippen molar-refractivity contribution in [2.45, 2.75) is 26.3 Å². The number of rotatable bonds is 6. The number of aromatic nitrogens is 1. The summed E-state index contributed by atoms with van der Waals surface area (Å²) in [6, 6.07) is 3.44. The minimum atomic E-state index is -0.739. The van der Waals surface area contributed by atoms with Crippen molar-refractivity contribution >= 4 is 35.2 Å². The summed E-state index contributed by atoms with van der Waals surface area (Å²) in [7, 11) is 1.57. The van der Waals surface area contributed by atoms with Gasteiger partial charge in [-0.15, -0.1) is 0 Å². The number of aryl methyl sites for hydroxylation is 1. The number of aromatic amines is 1. The highest BCUT2D eigenvalue weighted by molar-refractivity contribution is 6.34. The zero-order valence-corrected chi connectivity index (χ0v) is 18.6. The number of hydrogen-bond donors (Lipinski definition) is 3. The smallest absolute Gasteiger partial charge is 0.408 e. The number of methoxy groups -OCH3 is 1. The van der Waals surface area contributed by atoms with Gasteiger partial charge < -0.3 is 30.0 Å². The molecular formula is C23H25FN4O5. The molecule has 1 atom stereocenters. The number of amides is 3. The summed E-state index contributed by atoms with van der Waals surface area (Å²) in [4.78, 5) is 42.0. The molecule has 0 spiro atoms. The average Bonchev–Trinajstić information content (AvgIpc) is 3.36. The normalized spacial score (nSPS) is 18.6. The SMILES string of the molecule is COCCN1CC[C@H](NC(=O)Oc2c(C)[nH]c(/C=C3\C(=O)Nc4ccc(F)cc43)c2C)C1=O. The van der Waals surface area contributed by atoms with Crippen molar-refractivity contribution in [1.82, 2.24) is 15.2 Å². The first kappa shape index (κ1) is 22.5. The molecule has 3 heterocycles. The van der Waals surface area contributed by atoms with Crippen molar-refractivity contribution in [3.8, 4) is 5.75 Å². The second-order valence-corrected chi connectivity index (χ2v) is 8.01. The summed E-state index contributed by atoms with van der Waals surface area (Å²) in [5.41, 5.74) is 3.03. The van der Waals surface area contributed by atoms with E-state index >= 15 is 0 Å². The number of anilines is 1. The van der Waals surface area contributed by atoms with Crippen LogP contribution < -0.4 is 15.4 Å². The molecule has 1 aromatic carbocycles. The summed E-state index contributed by atoms with van der Waals surface area (Å²) in [6.45, 7) is 4.91. The number of carbonyl (C=O) groups excluding carboxylic acids is 3. The molecule has 3 amide bonds. The Morgan fingerprint density at radius 3 is 2.88 bits per heavy atom. The Bertz CT molecular complexity index is 1160. The van der Waals surface area contributed by atoms with Gasteiger partial charge in [0.25, 0.3) is 5.91 Å². The van der Waals surface area contributed by atoms with E-state index in [2.05, 4.69) is 15.6 Å². The van der Waals surface area contributed by atoms with Crippen molar-refractivity contribution < 1.29 is 28.2 Å². The first-order valence-electron chi connectivity index (χ1n) is 10.6. The van der Waals surface area contributed by atoms with Gasteiger partial charge in [-0.1, -0.05) is 0 Å². The van der Waals surface area contributed by atoms with Gasteiger partial charge in [-0.25, -0.2) is 9.18 Å². The quantitative estimate of drug-likeness (QED) is 0.579. The standard InChI is InChI=1S/C23H25FN4O5/c1-12-19(11-16-15-10-14(24)4-5-17(15)26-21(16)29)25-13(2)20(12)33-23(31)27-18-6-7-28(22(18)30)8-9-32-3/h4-5,10-11,18,25H,6-9H2,1-3H3,(H,26,29)(H,27,31)/b16-11-/t18-/m0/s1. The first-order valence-corrected chi connectivity index (χ1v) is 10.6. The van der Waals surface area contributed by atoms with Crippen LogP contribution in [0.5, 0.6) is 5.75 Å². The molecule has 0 aliphatic carbocycles. The lowest BCUT2D eigenvalue weighted by molar-refractivity contribution is -0.129. The second-order valence-electron chi connectivity index (χ2n) is 8.01. The van der Waals surface area contributed by atoms with Crippen molar-refractivity contribution in [3.63, 3.8) is 0 Å². The van der Waals surface area contributed by atoms with E-state index in [0.717, 1.165) is 0 Å². The van der Waals surface area contributed by atoms with Crippen LogP contribution in [0.3, 0.4) is 0 Å². The molecule has 33 heavy (non-hydrogen) atoms. The van der Waals surface area contributed by atoms with E-state index in [1.807, 2.05) is 0 Å². The minimum absolute atomic E-state index is 0.171. The lowest BCUT2D eigenvalue weighted by Gasteiger charge is -2.16. The molecule has 1 fully saturated rings. The van der Waals surface area contributed by atoms with Crippen LogP contribution >= 0.6 is 0 Å². The lowest BCUT2D eigenvalue weighted by Crippen LogP contribution is -2.43. The molecule has 2 aromatic rings. The molecule has 4 rings (SSSR count). The van der Waals surface area contributed by atoms with Crippen LogP contribution in [0.15, 0.2) is 18.2 Å². The number of ether oxygens (including phenoxy) is 2. The Hall–Kier alpha value is -3.66. The number of nitrogens with one attached hydrogen (secondary N) is 3. The summed E-state index contributed by atoms with van der Waals surface area (Å²) < 4.78 is 24.2. The first-order chi connectivity index (χ1) is 15.8. The Morgan fingerprint density at radius 2 is 2.12 bits per heavy atom. The predicted molar refractivity (Wildman–Crippen MR) is 119 cm³/mol. The van der Waals surface area contributed by atoms with Crippen molar-refractivity contribution in [1.29, 1.82) is 0 Å². The van der Waals surface area contributed by atoms with E-state index in [9.17, 15) is 18.8 Å². The molecule has 3 N–H and O–H groups in total. The van der Waals surface area contributed by atoms with E-state index in [0.29, 0.717) is 65.6 Å². The Kier molecular flexibility index (Phi) is 6.19. The van der Waals surface area contributed by atoms with E-state index in [4.69, 9.17) is 9.47 Å². The van der Waals surface area contributed by atoms with Crippen LogP contribution in [-0.2, 0) is 14.3 Å². The average molecular weight is 456 g/mol. The Morgan fingerprint density at radius 1 is 1.33 bits per heavy atom. The van der Waals surface area contributed by atoms with Crippen LogP contribution in [0.1, 0.15) is 28.9 Å². The van der Waals surface area contributed by atoms with Gasteiger partial charge in [0.2, 0.25) is 5.91 Å². The molecule has 9 nitrogen and oxygen atoms in total. The molecule has 2 aliphatic rings. The molecule has 1 saturated heterocycles. The topological polar surface area (TPSA) is 113 Å². The number of nitrogens with zero attached hydrogens (tertiary/aromatic N) is 1. The highest BCUT2D eigenvalue weighted by Crippen LogP contribution is 2.35. The predicted octanol–water partition coefficient (Wildman–Crippen LogP) is 2.60. The van der Waals surface area contributed by atoms with E-state index in [-0.39, 0.29) is 11.8 Å². The van der Waals surface area contributed by atoms with Gasteiger partial charge in [0.15, 0.2) is 5.75 Å². The summed E-state index contributed by atoms with van der Waals surface area (Å²) in [5, 5.41) is 5.32. The summed E-state index contributed by atoms with van der Waals surface area (Å²) in [5.74, 6) is -0.660. The number of carbonyl (C=O) groups is 3. The van der Waals surface area contributed by atoms with Crippen molar-refractivity contribution in [3.05, 3.63) is 46.5 Å². The summed E-state index contributed by atoms with van der Waals surface area (Å²) >= 11 is 0.